The first-order valence-electron chi connectivity index (χ1n) is 19.2. The maximum atomic E-state index is 2.59. The number of nitrogens with two attached hydrogens (primary N) is 1. The average molecular weight is 551 g/mol. The topological polar surface area (TPSA) is 16.6 Å². The number of hydrogen-bond acceptors (Lipinski definition) is 0. The van der Waals surface area contributed by atoms with Crippen LogP contribution in [-0.2, 0) is 0 Å². The van der Waals surface area contributed by atoms with Crippen LogP contribution >= 0.6 is 0 Å². The van der Waals surface area contributed by atoms with Gasteiger partial charge in [-0.05, 0) is 25.7 Å². The molecule has 0 heterocycles. The molecule has 236 valence electrons. The highest BCUT2D eigenvalue weighted by Crippen LogP contribution is 2.15. The van der Waals surface area contributed by atoms with Crippen molar-refractivity contribution >= 4 is 0 Å². The summed E-state index contributed by atoms with van der Waals surface area (Å²) in [4.78, 5) is 0. The van der Waals surface area contributed by atoms with E-state index >= 15 is 0 Å². The lowest BCUT2D eigenvalue weighted by molar-refractivity contribution is -0.655. The molecule has 0 saturated carbocycles. The van der Waals surface area contributed by atoms with Gasteiger partial charge in [-0.3, -0.25) is 0 Å². The van der Waals surface area contributed by atoms with Crippen molar-refractivity contribution in [3.63, 3.8) is 0 Å². The highest BCUT2D eigenvalue weighted by Gasteiger charge is 1.98. The summed E-state index contributed by atoms with van der Waals surface area (Å²) in [6.45, 7) is 7.36. The summed E-state index contributed by atoms with van der Waals surface area (Å²) in [5, 5.41) is 2.59. The maximum absolute atomic E-state index is 2.59. The van der Waals surface area contributed by atoms with Gasteiger partial charge in [0.2, 0.25) is 0 Å². The van der Waals surface area contributed by atoms with Crippen LogP contribution in [0.2, 0.25) is 0 Å². The number of quaternary nitrogens is 1. The maximum Gasteiger partial charge on any atom is 0.0755 e. The van der Waals surface area contributed by atoms with E-state index in [4.69, 9.17) is 0 Å². The molecule has 0 aromatic carbocycles. The Bertz CT molecular complexity index is 356. The third-order valence-corrected chi connectivity index (χ3v) is 9.02. The minimum absolute atomic E-state index is 1.37. The molecule has 2 N–H and O–H groups in total. The van der Waals surface area contributed by atoms with Crippen LogP contribution in [0.3, 0.4) is 0 Å². The lowest BCUT2D eigenvalue weighted by Crippen LogP contribution is -2.84. The van der Waals surface area contributed by atoms with Crippen LogP contribution in [0.25, 0.3) is 0 Å². The predicted octanol–water partition coefficient (Wildman–Crippen LogP) is 12.9. The summed E-state index contributed by atoms with van der Waals surface area (Å²) in [5.41, 5.74) is 0. The second-order valence-corrected chi connectivity index (χ2v) is 13.2. The monoisotopic (exact) mass is 551 g/mol. The van der Waals surface area contributed by atoms with Crippen molar-refractivity contribution in [1.82, 2.24) is 0 Å². The van der Waals surface area contributed by atoms with Gasteiger partial charge in [0.25, 0.3) is 0 Å². The van der Waals surface area contributed by atoms with Crippen molar-refractivity contribution < 1.29 is 5.32 Å². The highest BCUT2D eigenvalue weighted by atomic mass is 14.8. The van der Waals surface area contributed by atoms with E-state index in [-0.39, 0.29) is 0 Å². The van der Waals surface area contributed by atoms with Crippen molar-refractivity contribution in [3.05, 3.63) is 0 Å². The standard InChI is InChI=1S/C38H79N/c1-3-5-7-9-11-13-15-17-19-21-23-25-27-29-31-33-35-37-39-38-36-34-32-30-28-26-24-22-20-18-16-14-12-10-8-6-4-2/h39H,3-38H2,1-2H3/p+1. The summed E-state index contributed by atoms with van der Waals surface area (Å²) in [5.74, 6) is 0. The first kappa shape index (κ1) is 39.0. The fourth-order valence-corrected chi connectivity index (χ4v) is 6.17. The molecule has 0 aliphatic rings. The molecule has 0 unspecified atom stereocenters. The molecule has 0 aliphatic carbocycles. The summed E-state index contributed by atoms with van der Waals surface area (Å²) < 4.78 is 0. The second-order valence-electron chi connectivity index (χ2n) is 13.2. The van der Waals surface area contributed by atoms with E-state index in [1.807, 2.05) is 0 Å². The van der Waals surface area contributed by atoms with Crippen LogP contribution in [0.4, 0.5) is 0 Å². The van der Waals surface area contributed by atoms with Crippen molar-refractivity contribution in [1.29, 1.82) is 0 Å². The zero-order chi connectivity index (χ0) is 28.2. The van der Waals surface area contributed by atoms with E-state index in [2.05, 4.69) is 19.2 Å². The Labute approximate surface area is 250 Å². The van der Waals surface area contributed by atoms with E-state index < -0.39 is 0 Å². The Morgan fingerprint density at radius 2 is 0.359 bits per heavy atom. The van der Waals surface area contributed by atoms with Crippen molar-refractivity contribution in [2.75, 3.05) is 13.1 Å². The molecule has 1 heteroatoms. The number of hydrogen-bond donors (Lipinski definition) is 1. The SMILES string of the molecule is CCCCCCCCCCCCCCCCCCC[NH2+]CCCCCCCCCCCCCCCCCCC. The van der Waals surface area contributed by atoms with Crippen LogP contribution in [-0.4, -0.2) is 13.1 Å². The van der Waals surface area contributed by atoms with Crippen molar-refractivity contribution in [2.45, 2.75) is 232 Å². The quantitative estimate of drug-likeness (QED) is 0.0747. The fourth-order valence-electron chi connectivity index (χ4n) is 6.17. The summed E-state index contributed by atoms with van der Waals surface area (Å²) in [6.07, 6.45) is 50.0. The van der Waals surface area contributed by atoms with E-state index in [1.165, 1.54) is 231 Å². The molecular weight excluding hydrogens is 470 g/mol. The molecule has 0 aromatic rings. The Morgan fingerprint density at radius 1 is 0.205 bits per heavy atom. The highest BCUT2D eigenvalue weighted by molar-refractivity contribution is 4.51. The predicted molar refractivity (Wildman–Crippen MR) is 180 cm³/mol. The van der Waals surface area contributed by atoms with Crippen LogP contribution in [0.1, 0.15) is 232 Å². The first-order chi connectivity index (χ1) is 19.4. The first-order valence-corrected chi connectivity index (χ1v) is 19.2. The minimum Gasteiger partial charge on any atom is -0.346 e. The van der Waals surface area contributed by atoms with Gasteiger partial charge in [0.15, 0.2) is 0 Å². The average Bonchev–Trinajstić information content (AvgIpc) is 2.95. The molecule has 0 aliphatic heterocycles. The lowest BCUT2D eigenvalue weighted by atomic mass is 10.0. The second kappa shape index (κ2) is 38.0. The summed E-state index contributed by atoms with van der Waals surface area (Å²) in [6, 6.07) is 0. The molecule has 0 spiro atoms. The Morgan fingerprint density at radius 3 is 0.538 bits per heavy atom. The molecule has 0 atom stereocenters. The van der Waals surface area contributed by atoms with Gasteiger partial charge in [-0.1, -0.05) is 206 Å². The van der Waals surface area contributed by atoms with Gasteiger partial charge in [-0.2, -0.15) is 0 Å². The van der Waals surface area contributed by atoms with Gasteiger partial charge >= 0.3 is 0 Å². The minimum atomic E-state index is 1.37. The molecule has 0 amide bonds. The largest absolute Gasteiger partial charge is 0.346 e. The van der Waals surface area contributed by atoms with Gasteiger partial charge in [-0.25, -0.2) is 0 Å². The Kier molecular flexibility index (Phi) is 37.9. The van der Waals surface area contributed by atoms with E-state index in [9.17, 15) is 0 Å². The fraction of sp³-hybridized carbons (Fsp3) is 1.00. The van der Waals surface area contributed by atoms with Crippen LogP contribution in [0.15, 0.2) is 0 Å². The van der Waals surface area contributed by atoms with Crippen LogP contribution < -0.4 is 5.32 Å². The molecule has 0 saturated heterocycles. The lowest BCUT2D eigenvalue weighted by Gasteiger charge is -2.05. The molecular formula is C38H80N+. The molecule has 39 heavy (non-hydrogen) atoms. The van der Waals surface area contributed by atoms with Crippen molar-refractivity contribution in [3.8, 4) is 0 Å². The van der Waals surface area contributed by atoms with Gasteiger partial charge in [0.1, 0.15) is 0 Å². The van der Waals surface area contributed by atoms with Gasteiger partial charge < -0.3 is 5.32 Å². The number of unbranched alkanes of at least 4 members (excludes halogenated alkanes) is 32. The molecule has 0 aromatic heterocycles. The Balaban J connectivity index is 3.01. The molecule has 0 bridgehead atoms. The van der Waals surface area contributed by atoms with Gasteiger partial charge in [0, 0.05) is 0 Å². The number of rotatable bonds is 36. The molecule has 0 radical (unpaired) electrons. The molecule has 0 fully saturated rings. The molecule has 0 rings (SSSR count). The van der Waals surface area contributed by atoms with Crippen LogP contribution in [0.5, 0.6) is 0 Å². The van der Waals surface area contributed by atoms with Gasteiger partial charge in [0.05, 0.1) is 13.1 Å². The third kappa shape index (κ3) is 38.0. The normalized spacial score (nSPS) is 11.5. The summed E-state index contributed by atoms with van der Waals surface area (Å²) >= 11 is 0. The smallest absolute Gasteiger partial charge is 0.0755 e. The van der Waals surface area contributed by atoms with Gasteiger partial charge in [-0.15, -0.1) is 0 Å². The zero-order valence-electron chi connectivity index (χ0n) is 28.0. The molecule has 1 nitrogen and oxygen atoms in total. The zero-order valence-corrected chi connectivity index (χ0v) is 28.0. The van der Waals surface area contributed by atoms with E-state index in [0.717, 1.165) is 0 Å². The van der Waals surface area contributed by atoms with Crippen LogP contribution in [0, 0.1) is 0 Å². The van der Waals surface area contributed by atoms with E-state index in [0.29, 0.717) is 0 Å². The van der Waals surface area contributed by atoms with E-state index in [1.54, 1.807) is 0 Å². The summed E-state index contributed by atoms with van der Waals surface area (Å²) in [7, 11) is 0. The Hall–Kier alpha value is -0.0400. The third-order valence-electron chi connectivity index (χ3n) is 9.02. The van der Waals surface area contributed by atoms with Crippen molar-refractivity contribution in [2.24, 2.45) is 0 Å².